The monoisotopic (exact) mass is 392 g/mol. The molecule has 5 aliphatic heterocycles. The summed E-state index contributed by atoms with van der Waals surface area (Å²) < 4.78 is 24.9. The number of hydrogen-bond acceptors (Lipinski definition) is 6. The van der Waals surface area contributed by atoms with Gasteiger partial charge in [0.2, 0.25) is 11.4 Å². The van der Waals surface area contributed by atoms with Crippen molar-refractivity contribution in [2.75, 3.05) is 14.2 Å². The van der Waals surface area contributed by atoms with Gasteiger partial charge in [-0.15, -0.1) is 0 Å². The van der Waals surface area contributed by atoms with Gasteiger partial charge in [0.05, 0.1) is 12.2 Å². The van der Waals surface area contributed by atoms with Crippen molar-refractivity contribution in [1.29, 1.82) is 0 Å². The molecule has 5 heterocycles. The number of ether oxygens (including phenoxy) is 4. The van der Waals surface area contributed by atoms with Crippen LogP contribution in [0.5, 0.6) is 0 Å². The van der Waals surface area contributed by atoms with Gasteiger partial charge in [0, 0.05) is 39.9 Å². The Morgan fingerprint density at radius 2 is 1.61 bits per heavy atom. The summed E-state index contributed by atoms with van der Waals surface area (Å²) in [7, 11) is 3.59. The molecule has 4 saturated heterocycles. The molecule has 0 aromatic carbocycles. The fraction of sp³-hybridized carbons (Fsp3) is 0.952. The minimum Gasteiger partial charge on any atom is -0.375 e. The van der Waals surface area contributed by atoms with Gasteiger partial charge >= 0.3 is 5.96 Å². The van der Waals surface area contributed by atoms with Gasteiger partial charge in [0.1, 0.15) is 24.3 Å². The lowest BCUT2D eigenvalue weighted by molar-refractivity contribution is -0.171. The highest BCUT2D eigenvalue weighted by Gasteiger charge is 2.68. The van der Waals surface area contributed by atoms with Crippen molar-refractivity contribution >= 4 is 5.96 Å². The van der Waals surface area contributed by atoms with E-state index in [1.54, 1.807) is 14.2 Å². The number of methoxy groups -OCH3 is 2. The molecule has 5 rings (SSSR count). The average Bonchev–Trinajstić information content (AvgIpc) is 2.93. The SMILES string of the molecule is CO[C@@H]1[C@@H](OC)[C@@H]2C[C@]3(CCC[C@H](C)O3)[N+]=C3[N][C@@]4(CCC[C@H](C)O4)C[C@@H]1N32. The average molecular weight is 393 g/mol. The zero-order valence-corrected chi connectivity index (χ0v) is 17.6. The number of aliphatic imine (C=N–C) groups is 1. The predicted octanol–water partition coefficient (Wildman–Crippen LogP) is 1.74. The minimum absolute atomic E-state index is 0.00966. The minimum atomic E-state index is -0.486. The summed E-state index contributed by atoms with van der Waals surface area (Å²) >= 11 is 0. The summed E-state index contributed by atoms with van der Waals surface area (Å²) in [5.74, 6) is 0.803. The zero-order valence-electron chi connectivity index (χ0n) is 17.6. The van der Waals surface area contributed by atoms with Crippen LogP contribution in [0.1, 0.15) is 65.2 Å². The molecule has 7 heteroatoms. The summed E-state index contributed by atoms with van der Waals surface area (Å²) in [6.07, 6.45) is 8.48. The van der Waals surface area contributed by atoms with Crippen LogP contribution < -0.4 is 10.3 Å². The van der Waals surface area contributed by atoms with Gasteiger partial charge in [-0.25, -0.2) is 4.90 Å². The number of guanidine groups is 1. The highest BCUT2D eigenvalue weighted by molar-refractivity contribution is 5.82. The Bertz CT molecular complexity index is 641. The van der Waals surface area contributed by atoms with Crippen LogP contribution in [0.3, 0.4) is 0 Å². The Morgan fingerprint density at radius 3 is 2.25 bits per heavy atom. The predicted molar refractivity (Wildman–Crippen MR) is 104 cm³/mol. The van der Waals surface area contributed by atoms with Gasteiger partial charge in [-0.05, 0) is 39.5 Å². The fourth-order valence-electron chi connectivity index (χ4n) is 6.34. The maximum absolute atomic E-state index is 6.46. The lowest BCUT2D eigenvalue weighted by Crippen LogP contribution is -2.69. The van der Waals surface area contributed by atoms with E-state index in [-0.39, 0.29) is 36.5 Å². The first-order valence-corrected chi connectivity index (χ1v) is 11.0. The maximum Gasteiger partial charge on any atom is 0.424 e. The van der Waals surface area contributed by atoms with Crippen LogP contribution in [0.4, 0.5) is 0 Å². The van der Waals surface area contributed by atoms with E-state index in [0.717, 1.165) is 57.3 Å². The summed E-state index contributed by atoms with van der Waals surface area (Å²) in [4.78, 5) is 7.53. The molecule has 28 heavy (non-hydrogen) atoms. The third-order valence-electron chi connectivity index (χ3n) is 7.43. The first-order valence-electron chi connectivity index (χ1n) is 11.0. The van der Waals surface area contributed by atoms with Crippen molar-refractivity contribution in [1.82, 2.24) is 15.2 Å². The van der Waals surface area contributed by atoms with Crippen LogP contribution in [-0.2, 0) is 18.9 Å². The van der Waals surface area contributed by atoms with E-state index in [2.05, 4.69) is 18.7 Å². The van der Waals surface area contributed by atoms with E-state index in [1.807, 2.05) is 0 Å². The Hall–Kier alpha value is -0.890. The number of nitrogens with zero attached hydrogens (tertiary/aromatic N) is 3. The molecule has 8 atom stereocenters. The summed E-state index contributed by atoms with van der Waals surface area (Å²) in [5.41, 5.74) is -0.971. The molecule has 0 aliphatic carbocycles. The molecule has 2 radical (unpaired) electrons. The van der Waals surface area contributed by atoms with Gasteiger partial charge in [0.15, 0.2) is 0 Å². The Morgan fingerprint density at radius 1 is 0.964 bits per heavy atom. The van der Waals surface area contributed by atoms with Crippen molar-refractivity contribution in [2.45, 2.75) is 113 Å². The summed E-state index contributed by atoms with van der Waals surface area (Å²) in [6.45, 7) is 4.31. The number of rotatable bonds is 2. The second kappa shape index (κ2) is 6.83. The molecule has 0 N–H and O–H groups in total. The van der Waals surface area contributed by atoms with Gasteiger partial charge in [-0.1, -0.05) is 10.3 Å². The zero-order chi connectivity index (χ0) is 19.5. The first kappa shape index (κ1) is 19.1. The first-order chi connectivity index (χ1) is 13.5. The third kappa shape index (κ3) is 2.89. The largest absolute Gasteiger partial charge is 0.424 e. The molecule has 156 valence electrons. The van der Waals surface area contributed by atoms with E-state index < -0.39 is 11.4 Å². The van der Waals surface area contributed by atoms with E-state index >= 15 is 0 Å². The van der Waals surface area contributed by atoms with Crippen LogP contribution in [0, 0.1) is 0 Å². The topological polar surface area (TPSA) is 68.4 Å². The molecule has 0 unspecified atom stereocenters. The van der Waals surface area contributed by atoms with Crippen LogP contribution in [0.15, 0.2) is 0 Å². The molecule has 2 spiro atoms. The highest BCUT2D eigenvalue weighted by Crippen LogP contribution is 2.47. The van der Waals surface area contributed by atoms with Crippen LogP contribution in [0.25, 0.3) is 0 Å². The molecule has 0 saturated carbocycles. The van der Waals surface area contributed by atoms with E-state index in [4.69, 9.17) is 29.3 Å². The van der Waals surface area contributed by atoms with Crippen LogP contribution in [0.2, 0.25) is 0 Å². The molecule has 0 amide bonds. The van der Waals surface area contributed by atoms with Gasteiger partial charge < -0.3 is 18.9 Å². The molecular weight excluding hydrogens is 358 g/mol. The quantitative estimate of drug-likeness (QED) is 0.716. The molecular formula is C21H34N3O4+. The number of hydrogen-bond donors (Lipinski definition) is 0. The van der Waals surface area contributed by atoms with Crippen LogP contribution in [-0.4, -0.2) is 73.0 Å². The molecule has 0 aromatic rings. The smallest absolute Gasteiger partial charge is 0.375 e. The highest BCUT2D eigenvalue weighted by atomic mass is 16.5. The second-order valence-corrected chi connectivity index (χ2v) is 9.41. The van der Waals surface area contributed by atoms with Crippen LogP contribution >= 0.6 is 0 Å². The lowest BCUT2D eigenvalue weighted by Gasteiger charge is -2.46. The van der Waals surface area contributed by atoms with Gasteiger partial charge in [-0.2, -0.15) is 0 Å². The Labute approximate surface area is 168 Å². The van der Waals surface area contributed by atoms with Crippen molar-refractivity contribution < 1.29 is 18.9 Å². The molecule has 0 bridgehead atoms. The summed E-state index contributed by atoms with van der Waals surface area (Å²) in [5, 5.41) is 5.16. The normalized spacial score (nSPS) is 50.4. The molecule has 4 fully saturated rings. The van der Waals surface area contributed by atoms with Gasteiger partial charge in [-0.3, -0.25) is 0 Å². The lowest BCUT2D eigenvalue weighted by atomic mass is 9.89. The maximum atomic E-state index is 6.46. The van der Waals surface area contributed by atoms with E-state index in [0.29, 0.717) is 0 Å². The van der Waals surface area contributed by atoms with Crippen molar-refractivity contribution in [3.8, 4) is 0 Å². The molecule has 7 nitrogen and oxygen atoms in total. The molecule has 0 aromatic heterocycles. The Kier molecular flexibility index (Phi) is 4.66. The Balaban J connectivity index is 1.55. The standard InChI is InChI=1S/C21H34N3O4/c1-13-7-5-9-20(27-13)11-15-17(25-3)18(26-4)16-12-21(10-6-8-14(2)28-21)23-19(22-20)24(15)16/h13-18H,5-12H2,1-4H3/q+1/t13-,14-,15-,16-,17-,18-,20+,21+/m0/s1. The van der Waals surface area contributed by atoms with E-state index in [1.165, 1.54) is 0 Å². The molecule has 5 aliphatic rings. The third-order valence-corrected chi connectivity index (χ3v) is 7.43. The summed E-state index contributed by atoms with van der Waals surface area (Å²) in [6, 6.07) is 0.361. The van der Waals surface area contributed by atoms with E-state index in [9.17, 15) is 0 Å². The van der Waals surface area contributed by atoms with Crippen molar-refractivity contribution in [3.05, 3.63) is 0 Å². The second-order valence-electron chi connectivity index (χ2n) is 9.41. The van der Waals surface area contributed by atoms with Crippen molar-refractivity contribution in [2.24, 2.45) is 0 Å². The fourth-order valence-corrected chi connectivity index (χ4v) is 6.34. The van der Waals surface area contributed by atoms with Gasteiger partial charge in [0.25, 0.3) is 0 Å². The van der Waals surface area contributed by atoms with Crippen molar-refractivity contribution in [3.63, 3.8) is 0 Å².